The zero-order chi connectivity index (χ0) is 22.1. The Bertz CT molecular complexity index is 478. The maximum atomic E-state index is 12.8. The van der Waals surface area contributed by atoms with E-state index in [0.29, 0.717) is 25.7 Å². The van der Waals surface area contributed by atoms with Gasteiger partial charge in [0.15, 0.2) is 5.60 Å². The average molecular weight is 417 g/mol. The van der Waals surface area contributed by atoms with Gasteiger partial charge >= 0.3 is 17.9 Å². The minimum absolute atomic E-state index is 0.149. The van der Waals surface area contributed by atoms with E-state index in [2.05, 4.69) is 0 Å². The largest absolute Gasteiger partial charge is 0.479 e. The van der Waals surface area contributed by atoms with Crippen LogP contribution in [0.3, 0.4) is 0 Å². The molecular weight excluding hydrogens is 376 g/mol. The highest BCUT2D eigenvalue weighted by Gasteiger charge is 2.53. The molecule has 0 saturated heterocycles. The average Bonchev–Trinajstić information content (AvgIpc) is 2.68. The van der Waals surface area contributed by atoms with E-state index in [4.69, 9.17) is 14.2 Å². The summed E-state index contributed by atoms with van der Waals surface area (Å²) in [6.45, 7) is 8.46. The van der Waals surface area contributed by atoms with Gasteiger partial charge in [-0.15, -0.1) is 0 Å². The van der Waals surface area contributed by atoms with Gasteiger partial charge in [-0.05, 0) is 25.7 Å². The molecule has 2 atom stereocenters. The Morgan fingerprint density at radius 1 is 0.793 bits per heavy atom. The molecule has 170 valence electrons. The van der Waals surface area contributed by atoms with Crippen LogP contribution in [0, 0.1) is 5.92 Å². The number of unbranched alkanes of at least 4 members (excludes halogenated alkanes) is 4. The van der Waals surface area contributed by atoms with Gasteiger partial charge in [0, 0.05) is 6.61 Å². The fourth-order valence-corrected chi connectivity index (χ4v) is 2.92. The van der Waals surface area contributed by atoms with Crippen molar-refractivity contribution in [3.05, 3.63) is 0 Å². The van der Waals surface area contributed by atoms with Crippen LogP contribution in [0.15, 0.2) is 0 Å². The Morgan fingerprint density at radius 2 is 1.31 bits per heavy atom. The monoisotopic (exact) mass is 416 g/mol. The van der Waals surface area contributed by atoms with Crippen molar-refractivity contribution in [1.82, 2.24) is 0 Å². The quantitative estimate of drug-likeness (QED) is 0.259. The lowest BCUT2D eigenvalue weighted by Gasteiger charge is -2.35. The van der Waals surface area contributed by atoms with Gasteiger partial charge in [0.2, 0.25) is 0 Å². The van der Waals surface area contributed by atoms with Gasteiger partial charge in [-0.2, -0.15) is 0 Å². The summed E-state index contributed by atoms with van der Waals surface area (Å²) in [6.07, 6.45) is 5.72. The SMILES string of the molecule is CCCCOC(=O)CC(OCCCC)(C(=O)O)C(CCCC)C(=O)OCCCC. The van der Waals surface area contributed by atoms with Crippen LogP contribution in [-0.2, 0) is 28.6 Å². The molecule has 0 fully saturated rings. The minimum atomic E-state index is -1.98. The first-order valence-corrected chi connectivity index (χ1v) is 11.1. The molecule has 7 heteroatoms. The molecule has 0 aliphatic heterocycles. The summed E-state index contributed by atoms with van der Waals surface area (Å²) >= 11 is 0. The van der Waals surface area contributed by atoms with E-state index in [1.165, 1.54) is 0 Å². The third kappa shape index (κ3) is 10.1. The molecule has 0 radical (unpaired) electrons. The predicted octanol–water partition coefficient (Wildman–Crippen LogP) is 4.51. The number of aliphatic carboxylic acids is 1. The first-order valence-electron chi connectivity index (χ1n) is 11.1. The Morgan fingerprint density at radius 3 is 1.83 bits per heavy atom. The number of rotatable bonds is 18. The van der Waals surface area contributed by atoms with Crippen LogP contribution in [0.4, 0.5) is 0 Å². The summed E-state index contributed by atoms with van der Waals surface area (Å²) in [4.78, 5) is 37.6. The van der Waals surface area contributed by atoms with E-state index in [9.17, 15) is 19.5 Å². The summed E-state index contributed by atoms with van der Waals surface area (Å²) in [5, 5.41) is 10.1. The second-order valence-corrected chi connectivity index (χ2v) is 7.36. The first kappa shape index (κ1) is 27.4. The molecule has 29 heavy (non-hydrogen) atoms. The van der Waals surface area contributed by atoms with Gasteiger partial charge < -0.3 is 19.3 Å². The van der Waals surface area contributed by atoms with Crippen LogP contribution in [0.1, 0.15) is 91.9 Å². The van der Waals surface area contributed by atoms with Gasteiger partial charge in [0.25, 0.3) is 0 Å². The first-order chi connectivity index (χ1) is 13.9. The summed E-state index contributed by atoms with van der Waals surface area (Å²) in [5.41, 5.74) is -1.98. The van der Waals surface area contributed by atoms with E-state index < -0.39 is 35.8 Å². The van der Waals surface area contributed by atoms with Crippen LogP contribution in [-0.4, -0.2) is 48.4 Å². The topological polar surface area (TPSA) is 99.1 Å². The maximum Gasteiger partial charge on any atom is 0.337 e. The van der Waals surface area contributed by atoms with Crippen molar-refractivity contribution in [1.29, 1.82) is 0 Å². The van der Waals surface area contributed by atoms with E-state index in [-0.39, 0.29) is 26.2 Å². The predicted molar refractivity (Wildman–Crippen MR) is 111 cm³/mol. The molecular formula is C22H40O7. The number of hydrogen-bond donors (Lipinski definition) is 1. The molecule has 0 rings (SSSR count). The maximum absolute atomic E-state index is 12.8. The summed E-state index contributed by atoms with van der Waals surface area (Å²) in [5.74, 6) is -3.67. The van der Waals surface area contributed by atoms with Crippen molar-refractivity contribution in [2.24, 2.45) is 5.92 Å². The van der Waals surface area contributed by atoms with Gasteiger partial charge in [0.05, 0.1) is 25.6 Å². The fraction of sp³-hybridized carbons (Fsp3) is 0.864. The number of carboxylic acid groups (broad SMARTS) is 1. The lowest BCUT2D eigenvalue weighted by atomic mass is 9.80. The lowest BCUT2D eigenvalue weighted by molar-refractivity contribution is -0.192. The van der Waals surface area contributed by atoms with Gasteiger partial charge in [-0.1, -0.05) is 59.8 Å². The zero-order valence-electron chi connectivity index (χ0n) is 18.7. The van der Waals surface area contributed by atoms with Gasteiger partial charge in [-0.3, -0.25) is 9.59 Å². The van der Waals surface area contributed by atoms with Crippen molar-refractivity contribution in [3.8, 4) is 0 Å². The van der Waals surface area contributed by atoms with Crippen LogP contribution in [0.2, 0.25) is 0 Å². The highest BCUT2D eigenvalue weighted by molar-refractivity contribution is 5.90. The van der Waals surface area contributed by atoms with Crippen molar-refractivity contribution in [2.45, 2.75) is 97.5 Å². The van der Waals surface area contributed by atoms with Gasteiger partial charge in [0.1, 0.15) is 0 Å². The van der Waals surface area contributed by atoms with Crippen molar-refractivity contribution in [2.75, 3.05) is 19.8 Å². The Kier molecular flexibility index (Phi) is 15.3. The zero-order valence-corrected chi connectivity index (χ0v) is 18.7. The molecule has 0 bridgehead atoms. The fourth-order valence-electron chi connectivity index (χ4n) is 2.92. The third-order valence-corrected chi connectivity index (χ3v) is 4.82. The molecule has 0 aromatic carbocycles. The minimum Gasteiger partial charge on any atom is -0.479 e. The summed E-state index contributed by atoms with van der Waals surface area (Å²) in [7, 11) is 0. The Labute approximate surface area is 175 Å². The molecule has 0 amide bonds. The van der Waals surface area contributed by atoms with Crippen LogP contribution < -0.4 is 0 Å². The molecule has 0 aliphatic rings. The number of ether oxygens (including phenoxy) is 3. The highest BCUT2D eigenvalue weighted by Crippen LogP contribution is 2.33. The van der Waals surface area contributed by atoms with E-state index in [0.717, 1.165) is 25.7 Å². The molecule has 0 heterocycles. The van der Waals surface area contributed by atoms with E-state index >= 15 is 0 Å². The summed E-state index contributed by atoms with van der Waals surface area (Å²) in [6, 6.07) is 0. The van der Waals surface area contributed by atoms with Crippen molar-refractivity contribution >= 4 is 17.9 Å². The Hall–Kier alpha value is -1.63. The Balaban J connectivity index is 5.72. The smallest absolute Gasteiger partial charge is 0.337 e. The molecule has 0 saturated carbocycles. The second-order valence-electron chi connectivity index (χ2n) is 7.36. The van der Waals surface area contributed by atoms with Crippen LogP contribution in [0.5, 0.6) is 0 Å². The lowest BCUT2D eigenvalue weighted by Crippen LogP contribution is -2.53. The van der Waals surface area contributed by atoms with E-state index in [1.54, 1.807) is 0 Å². The van der Waals surface area contributed by atoms with Crippen LogP contribution >= 0.6 is 0 Å². The van der Waals surface area contributed by atoms with E-state index in [1.807, 2.05) is 27.7 Å². The molecule has 0 aromatic rings. The van der Waals surface area contributed by atoms with Crippen molar-refractivity contribution in [3.63, 3.8) is 0 Å². The molecule has 7 nitrogen and oxygen atoms in total. The second kappa shape index (κ2) is 16.2. The number of carbonyl (C=O) groups is 3. The molecule has 0 spiro atoms. The highest BCUT2D eigenvalue weighted by atomic mass is 16.6. The molecule has 2 unspecified atom stereocenters. The van der Waals surface area contributed by atoms with Gasteiger partial charge in [-0.25, -0.2) is 4.79 Å². The standard InChI is InChI=1S/C22H40O7/c1-5-9-13-18(20(24)28-15-11-7-3)22(21(25)26,29-16-12-8-4)17-19(23)27-14-10-6-2/h18H,5-17H2,1-4H3,(H,25,26). The number of hydrogen-bond acceptors (Lipinski definition) is 6. The van der Waals surface area contributed by atoms with Crippen molar-refractivity contribution < 1.29 is 33.7 Å². The molecule has 0 aliphatic carbocycles. The summed E-state index contributed by atoms with van der Waals surface area (Å²) < 4.78 is 16.3. The van der Waals surface area contributed by atoms with Crippen LogP contribution in [0.25, 0.3) is 0 Å². The normalized spacial score (nSPS) is 14.1. The number of carbonyl (C=O) groups excluding carboxylic acids is 2. The number of esters is 2. The number of carboxylic acids is 1. The molecule has 1 N–H and O–H groups in total. The third-order valence-electron chi connectivity index (χ3n) is 4.82. The molecule has 0 aromatic heterocycles.